The first-order valence-corrected chi connectivity index (χ1v) is 16.9. The topological polar surface area (TPSA) is 269 Å². The van der Waals surface area contributed by atoms with E-state index in [1.54, 1.807) is 0 Å². The van der Waals surface area contributed by atoms with Crippen LogP contribution in [0.1, 0.15) is 12.5 Å². The van der Waals surface area contributed by atoms with E-state index in [0.717, 1.165) is 6.33 Å². The molecular formula is C20H23FN10O10P2S. The number of nitrogen functional groups attached to an aromatic ring is 2. The maximum absolute atomic E-state index is 15.9. The number of hydrogen-bond acceptors (Lipinski definition) is 17. The molecule has 0 radical (unpaired) electrons. The second-order valence-electron chi connectivity index (χ2n) is 9.90. The molecule has 3 aliphatic rings. The van der Waals surface area contributed by atoms with Gasteiger partial charge in [0.15, 0.2) is 41.6 Å². The van der Waals surface area contributed by atoms with Crippen LogP contribution in [-0.2, 0) is 36.7 Å². The first-order valence-electron chi connectivity index (χ1n) is 12.7. The molecule has 2 bridgehead atoms. The van der Waals surface area contributed by atoms with Crippen LogP contribution >= 0.6 is 26.9 Å². The van der Waals surface area contributed by atoms with Crippen LogP contribution in [0.25, 0.3) is 22.3 Å². The molecule has 44 heavy (non-hydrogen) atoms. The maximum Gasteiger partial charge on any atom is 0.472 e. The minimum Gasteiger partial charge on any atom is -0.387 e. The zero-order valence-corrected chi connectivity index (χ0v) is 24.6. The predicted molar refractivity (Wildman–Crippen MR) is 146 cm³/mol. The molecule has 236 valence electrons. The van der Waals surface area contributed by atoms with Gasteiger partial charge in [0, 0.05) is 0 Å². The number of imidazole rings is 2. The molecule has 7 rings (SSSR count). The third-order valence-corrected chi connectivity index (χ3v) is 9.82. The summed E-state index contributed by atoms with van der Waals surface area (Å²) in [6, 6.07) is 0. The molecule has 24 heteroatoms. The van der Waals surface area contributed by atoms with Gasteiger partial charge < -0.3 is 30.9 Å². The van der Waals surface area contributed by atoms with Crippen LogP contribution in [0.5, 0.6) is 0 Å². The molecular weight excluding hydrogens is 653 g/mol. The second kappa shape index (κ2) is 10.9. The molecule has 4 aromatic heterocycles. The van der Waals surface area contributed by atoms with Crippen molar-refractivity contribution in [1.82, 2.24) is 39.0 Å². The van der Waals surface area contributed by atoms with Gasteiger partial charge in [0.05, 0.1) is 25.9 Å². The number of aliphatic hydroxyl groups is 1. The number of halogens is 1. The number of alkyl halides is 1. The number of phosphoric ester groups is 1. The van der Waals surface area contributed by atoms with Gasteiger partial charge in [-0.1, -0.05) is 12.2 Å². The molecule has 0 aromatic carbocycles. The standard InChI is InChI=1S/C20H23FN10O10P2S/c21-9-13-8(39-19(9)30-5-28-10-15(22)24-3-26-17(10)30)2-37-43(35,44)41-14-12(32)7(1-36-42(33,34)40-13)38-20(14)31-6-29-11-16(23)25-4-27-18(11)31/h3-9,12-14,19-20,32H,1-2H2,(H,33,34)(H,35,44)(H2,22,24,26)(H2,23,25,27)/t7-,8-,9?,12?,13?,14?,19-,20?,43-/m1/s1. The number of ether oxygens (including phenoxy) is 2. The van der Waals surface area contributed by atoms with Crippen LogP contribution < -0.4 is 11.5 Å². The Labute approximate surface area is 250 Å². The van der Waals surface area contributed by atoms with Crippen molar-refractivity contribution in [1.29, 1.82) is 0 Å². The number of fused-ring (bicyclic) bond motifs is 5. The summed E-state index contributed by atoms with van der Waals surface area (Å²) < 4.78 is 78.0. The largest absolute Gasteiger partial charge is 0.472 e. The Kier molecular flexibility index (Phi) is 7.37. The van der Waals surface area contributed by atoms with Crippen LogP contribution in [0.2, 0.25) is 0 Å². The fourth-order valence-electron chi connectivity index (χ4n) is 5.19. The molecule has 0 aliphatic carbocycles. The third kappa shape index (κ3) is 5.14. The van der Waals surface area contributed by atoms with Crippen molar-refractivity contribution in [2.75, 3.05) is 24.7 Å². The molecule has 7 heterocycles. The average molecular weight is 676 g/mol. The van der Waals surface area contributed by atoms with Crippen molar-refractivity contribution in [2.45, 2.75) is 49.1 Å². The van der Waals surface area contributed by atoms with E-state index in [2.05, 4.69) is 42.2 Å². The van der Waals surface area contributed by atoms with Gasteiger partial charge in [0.25, 0.3) is 0 Å². The summed E-state index contributed by atoms with van der Waals surface area (Å²) in [6.07, 6.45) is -7.80. The van der Waals surface area contributed by atoms with Crippen LogP contribution in [0, 0.1) is 0 Å². The first-order chi connectivity index (χ1) is 20.9. The number of hydrogen-bond donors (Lipinski definition) is 5. The highest BCUT2D eigenvalue weighted by molar-refractivity contribution is 8.44. The molecule has 0 saturated carbocycles. The van der Waals surface area contributed by atoms with E-state index >= 15 is 4.39 Å². The van der Waals surface area contributed by atoms with Gasteiger partial charge in [-0.15, -0.1) is 0 Å². The zero-order chi connectivity index (χ0) is 31.0. The van der Waals surface area contributed by atoms with E-state index in [1.807, 2.05) is 0 Å². The lowest BCUT2D eigenvalue weighted by atomic mass is 10.1. The Morgan fingerprint density at radius 3 is 2.05 bits per heavy atom. The SMILES string of the molecule is Nc1ncnc2c1ncn2C1O[C@@H]2COP(=O)(O)OC3C(F)[C@H](n4cnc5c(N)ncnc54)O[C@@H]3CO[P@@](=O)(S)OC1C2O. The van der Waals surface area contributed by atoms with Gasteiger partial charge in [-0.05, 0) is 0 Å². The highest BCUT2D eigenvalue weighted by atomic mass is 32.7. The van der Waals surface area contributed by atoms with Crippen LogP contribution in [0.4, 0.5) is 16.0 Å². The Balaban J connectivity index is 1.20. The van der Waals surface area contributed by atoms with Crippen molar-refractivity contribution >= 4 is 60.8 Å². The monoisotopic (exact) mass is 676 g/mol. The van der Waals surface area contributed by atoms with E-state index in [9.17, 15) is 19.1 Å². The maximum atomic E-state index is 15.9. The molecule has 3 fully saturated rings. The van der Waals surface area contributed by atoms with Crippen LogP contribution in [0.15, 0.2) is 25.3 Å². The summed E-state index contributed by atoms with van der Waals surface area (Å²) in [4.78, 5) is 34.7. The molecule has 6 unspecified atom stereocenters. The Morgan fingerprint density at radius 1 is 0.841 bits per heavy atom. The van der Waals surface area contributed by atoms with Gasteiger partial charge in [-0.25, -0.2) is 43.4 Å². The van der Waals surface area contributed by atoms with Crippen LogP contribution in [-0.4, -0.2) is 98.9 Å². The summed E-state index contributed by atoms with van der Waals surface area (Å²) in [5, 5.41) is 11.1. The van der Waals surface area contributed by atoms with Crippen molar-refractivity contribution in [3.05, 3.63) is 25.3 Å². The van der Waals surface area contributed by atoms with Crippen molar-refractivity contribution < 1.29 is 51.1 Å². The minimum absolute atomic E-state index is 0.0302. The summed E-state index contributed by atoms with van der Waals surface area (Å²) in [5.41, 5.74) is 12.4. The number of aliphatic hydroxyl groups excluding tert-OH is 1. The number of thiol groups is 1. The van der Waals surface area contributed by atoms with E-state index in [0.29, 0.717) is 0 Å². The molecule has 20 nitrogen and oxygen atoms in total. The molecule has 3 aliphatic heterocycles. The lowest BCUT2D eigenvalue weighted by molar-refractivity contribution is -0.0619. The lowest BCUT2D eigenvalue weighted by Gasteiger charge is -2.26. The highest BCUT2D eigenvalue weighted by Gasteiger charge is 2.54. The van der Waals surface area contributed by atoms with E-state index in [4.69, 9.17) is 39.0 Å². The molecule has 4 aromatic rings. The number of nitrogens with zero attached hydrogens (tertiary/aromatic N) is 8. The zero-order valence-electron chi connectivity index (χ0n) is 22.0. The van der Waals surface area contributed by atoms with E-state index < -0.39 is 77.0 Å². The number of aromatic nitrogens is 8. The van der Waals surface area contributed by atoms with Gasteiger partial charge in [-0.3, -0.25) is 27.2 Å². The Bertz CT molecular complexity index is 1830. The molecule has 6 N–H and O–H groups in total. The summed E-state index contributed by atoms with van der Waals surface area (Å²) in [6.45, 7) is -5.84. The quantitative estimate of drug-likeness (QED) is 0.141. The van der Waals surface area contributed by atoms with E-state index in [-0.39, 0.29) is 34.0 Å². The fourth-order valence-corrected chi connectivity index (χ4v) is 7.60. The predicted octanol–water partition coefficient (Wildman–Crippen LogP) is 0.280. The van der Waals surface area contributed by atoms with Gasteiger partial charge in [0.2, 0.25) is 0 Å². The number of phosphoric acid groups is 1. The fraction of sp³-hybridized carbons (Fsp3) is 0.500. The van der Waals surface area contributed by atoms with Crippen molar-refractivity contribution in [2.24, 2.45) is 0 Å². The van der Waals surface area contributed by atoms with Crippen LogP contribution in [0.3, 0.4) is 0 Å². The Morgan fingerprint density at radius 2 is 1.41 bits per heavy atom. The van der Waals surface area contributed by atoms with Crippen molar-refractivity contribution in [3.63, 3.8) is 0 Å². The van der Waals surface area contributed by atoms with Gasteiger partial charge >= 0.3 is 14.6 Å². The Hall–Kier alpha value is -2.88. The number of rotatable bonds is 2. The molecule has 3 saturated heterocycles. The highest BCUT2D eigenvalue weighted by Crippen LogP contribution is 2.58. The molecule has 0 spiro atoms. The normalized spacial score (nSPS) is 38.3. The summed E-state index contributed by atoms with van der Waals surface area (Å²) >= 11 is 4.04. The first kappa shape index (κ1) is 29.8. The third-order valence-electron chi connectivity index (χ3n) is 7.22. The van der Waals surface area contributed by atoms with Gasteiger partial charge in [0.1, 0.15) is 54.2 Å². The molecule has 10 atom stereocenters. The smallest absolute Gasteiger partial charge is 0.387 e. The lowest BCUT2D eigenvalue weighted by Crippen LogP contribution is -2.35. The van der Waals surface area contributed by atoms with Gasteiger partial charge in [-0.2, -0.15) is 0 Å². The number of nitrogens with two attached hydrogens (primary N) is 2. The minimum atomic E-state index is -5.06. The molecule has 0 amide bonds. The van der Waals surface area contributed by atoms with E-state index in [1.165, 1.54) is 28.1 Å². The average Bonchev–Trinajstić information content (AvgIpc) is 3.73. The summed E-state index contributed by atoms with van der Waals surface area (Å²) in [7, 11) is -5.06. The van der Waals surface area contributed by atoms with Crippen molar-refractivity contribution in [3.8, 4) is 0 Å². The number of anilines is 2. The summed E-state index contributed by atoms with van der Waals surface area (Å²) in [5.74, 6) is 0.0891. The second-order valence-corrected chi connectivity index (χ2v) is 14.2.